The van der Waals surface area contributed by atoms with Crippen LogP contribution in [0.5, 0.6) is 0 Å². The van der Waals surface area contributed by atoms with Gasteiger partial charge in [0.15, 0.2) is 0 Å². The van der Waals surface area contributed by atoms with Gasteiger partial charge in [-0.05, 0) is 91.7 Å². The fourth-order valence-electron chi connectivity index (χ4n) is 6.05. The molecule has 43 heavy (non-hydrogen) atoms. The fraction of sp³-hybridized carbons (Fsp3) is 0.343. The monoisotopic (exact) mass is 576 g/mol. The predicted molar refractivity (Wildman–Crippen MR) is 175 cm³/mol. The van der Waals surface area contributed by atoms with Crippen molar-refractivity contribution in [2.24, 2.45) is 7.05 Å². The van der Waals surface area contributed by atoms with E-state index in [1.807, 2.05) is 67.8 Å². The highest BCUT2D eigenvalue weighted by Gasteiger charge is 2.42. The van der Waals surface area contributed by atoms with Gasteiger partial charge >= 0.3 is 0 Å². The van der Waals surface area contributed by atoms with Gasteiger partial charge in [0.05, 0.1) is 11.9 Å². The number of hydrogen-bond donors (Lipinski definition) is 2. The Morgan fingerprint density at radius 2 is 1.70 bits per heavy atom. The van der Waals surface area contributed by atoms with Gasteiger partial charge in [-0.2, -0.15) is 0 Å². The zero-order chi connectivity index (χ0) is 30.1. The zero-order valence-corrected chi connectivity index (χ0v) is 25.5. The van der Waals surface area contributed by atoms with Crippen LogP contribution < -0.4 is 21.1 Å². The second-order valence-corrected chi connectivity index (χ2v) is 12.0. The van der Waals surface area contributed by atoms with Crippen molar-refractivity contribution < 1.29 is 4.79 Å². The lowest BCUT2D eigenvalue weighted by Gasteiger charge is -2.33. The molecule has 1 aliphatic carbocycles. The number of likely N-dealkylation sites (N-methyl/N-ethyl adjacent to an activating group) is 1. The lowest BCUT2D eigenvalue weighted by Crippen LogP contribution is -2.44. The van der Waals surface area contributed by atoms with E-state index >= 15 is 0 Å². The third kappa shape index (κ3) is 5.92. The summed E-state index contributed by atoms with van der Waals surface area (Å²) < 4.78 is 1.57. The highest BCUT2D eigenvalue weighted by atomic mass is 16.1. The van der Waals surface area contributed by atoms with Crippen LogP contribution in [-0.4, -0.2) is 53.6 Å². The number of hydrogen-bond acceptors (Lipinski definition) is 6. The Labute approximate surface area is 253 Å². The Hall–Kier alpha value is -4.43. The van der Waals surface area contributed by atoms with Gasteiger partial charge in [0.2, 0.25) is 0 Å². The van der Waals surface area contributed by atoms with E-state index in [-0.39, 0.29) is 11.5 Å². The van der Waals surface area contributed by atoms with Crippen LogP contribution in [0.2, 0.25) is 0 Å². The molecule has 8 nitrogen and oxygen atoms in total. The number of anilines is 4. The molecule has 2 aromatic heterocycles. The molecule has 222 valence electrons. The summed E-state index contributed by atoms with van der Waals surface area (Å²) in [5, 5.41) is 6.33. The second-order valence-electron chi connectivity index (χ2n) is 12.0. The molecule has 0 radical (unpaired) electrons. The van der Waals surface area contributed by atoms with Crippen molar-refractivity contribution in [2.45, 2.75) is 38.5 Å². The summed E-state index contributed by atoms with van der Waals surface area (Å²) in [7, 11) is 3.89. The first-order chi connectivity index (χ1) is 20.8. The number of nitrogens with zero attached hydrogens (tertiary/aromatic N) is 4. The van der Waals surface area contributed by atoms with Crippen LogP contribution >= 0.6 is 0 Å². The zero-order valence-electron chi connectivity index (χ0n) is 25.5. The Bertz CT molecular complexity index is 1680. The summed E-state index contributed by atoms with van der Waals surface area (Å²) >= 11 is 0. The Morgan fingerprint density at radius 1 is 0.953 bits per heavy atom. The lowest BCUT2D eigenvalue weighted by molar-refractivity contribution is 0.102. The number of amides is 1. The SMILES string of the molecule is CCC1(c2ccc(C(=O)Nc3cccc(-c4cc(Nc5ccc(N6CCN(C)CC6)cn5)c(=O)n(C)c4)c3C)cc2)CC1. The fourth-order valence-corrected chi connectivity index (χ4v) is 6.05. The molecule has 0 spiro atoms. The number of carbonyl (C=O) groups excluding carboxylic acids is 1. The van der Waals surface area contributed by atoms with Crippen LogP contribution in [0.15, 0.2) is 77.9 Å². The molecule has 0 atom stereocenters. The van der Waals surface area contributed by atoms with Gasteiger partial charge in [0.25, 0.3) is 11.5 Å². The summed E-state index contributed by atoms with van der Waals surface area (Å²) in [5.74, 6) is 0.476. The molecule has 1 saturated carbocycles. The normalized spacial score (nSPS) is 16.1. The van der Waals surface area contributed by atoms with E-state index in [1.54, 1.807) is 11.6 Å². The van der Waals surface area contributed by atoms with E-state index < -0.39 is 0 Å². The standard InChI is InChI=1S/C35H40N6O2/c1-5-35(15-16-35)27-11-9-25(10-12-27)33(42)38-30-8-6-7-29(24(30)2)26-21-31(34(43)40(4)23-26)37-32-14-13-28(22-36-32)41-19-17-39(3)18-20-41/h6-14,21-23H,5,15-20H2,1-4H3,(H,36,37)(H,38,42). The molecule has 0 bridgehead atoms. The third-order valence-electron chi connectivity index (χ3n) is 9.25. The van der Waals surface area contributed by atoms with Crippen LogP contribution in [-0.2, 0) is 12.5 Å². The minimum Gasteiger partial charge on any atom is -0.368 e. The molecule has 2 fully saturated rings. The topological polar surface area (TPSA) is 82.5 Å². The maximum Gasteiger partial charge on any atom is 0.274 e. The number of pyridine rings is 2. The molecule has 1 amide bonds. The highest BCUT2D eigenvalue weighted by Crippen LogP contribution is 2.50. The molecule has 4 aromatic rings. The molecule has 6 rings (SSSR count). The number of carbonyl (C=O) groups is 1. The van der Waals surface area contributed by atoms with Crippen molar-refractivity contribution in [3.05, 3.63) is 100 Å². The molecule has 2 aromatic carbocycles. The first-order valence-corrected chi connectivity index (χ1v) is 15.2. The summed E-state index contributed by atoms with van der Waals surface area (Å²) in [6, 6.07) is 19.7. The minimum atomic E-state index is -0.143. The molecule has 2 N–H and O–H groups in total. The highest BCUT2D eigenvalue weighted by molar-refractivity contribution is 6.05. The maximum absolute atomic E-state index is 13.2. The quantitative estimate of drug-likeness (QED) is 0.270. The smallest absolute Gasteiger partial charge is 0.274 e. The van der Waals surface area contributed by atoms with E-state index in [1.165, 1.54) is 18.4 Å². The van der Waals surface area contributed by atoms with Gasteiger partial charge in [-0.15, -0.1) is 0 Å². The lowest BCUT2D eigenvalue weighted by atomic mass is 9.92. The van der Waals surface area contributed by atoms with Crippen LogP contribution in [0, 0.1) is 6.92 Å². The van der Waals surface area contributed by atoms with Crippen molar-refractivity contribution in [1.82, 2.24) is 14.5 Å². The third-order valence-corrected chi connectivity index (χ3v) is 9.25. The second kappa shape index (κ2) is 11.7. The van der Waals surface area contributed by atoms with Crippen molar-refractivity contribution in [1.29, 1.82) is 0 Å². The Morgan fingerprint density at radius 3 is 2.35 bits per heavy atom. The van der Waals surface area contributed by atoms with E-state index in [0.29, 0.717) is 22.5 Å². The minimum absolute atomic E-state index is 0.137. The van der Waals surface area contributed by atoms with Crippen LogP contribution in [0.4, 0.5) is 22.9 Å². The van der Waals surface area contributed by atoms with Crippen molar-refractivity contribution >= 4 is 28.8 Å². The first-order valence-electron chi connectivity index (χ1n) is 15.2. The van der Waals surface area contributed by atoms with E-state index in [2.05, 4.69) is 51.5 Å². The summed E-state index contributed by atoms with van der Waals surface area (Å²) in [6.45, 7) is 8.22. The van der Waals surface area contributed by atoms with Gasteiger partial charge in [0, 0.05) is 56.2 Å². The molecular weight excluding hydrogens is 536 g/mol. The average molecular weight is 577 g/mol. The van der Waals surface area contributed by atoms with Crippen LogP contribution in [0.1, 0.15) is 47.7 Å². The van der Waals surface area contributed by atoms with E-state index in [0.717, 1.165) is 60.7 Å². The maximum atomic E-state index is 13.2. The largest absolute Gasteiger partial charge is 0.368 e. The van der Waals surface area contributed by atoms with Gasteiger partial charge in [-0.3, -0.25) is 9.59 Å². The number of piperazine rings is 1. The van der Waals surface area contributed by atoms with Crippen molar-refractivity contribution in [3.63, 3.8) is 0 Å². The van der Waals surface area contributed by atoms with Gasteiger partial charge < -0.3 is 25.0 Å². The van der Waals surface area contributed by atoms with E-state index in [9.17, 15) is 9.59 Å². The van der Waals surface area contributed by atoms with Gasteiger partial charge in [-0.25, -0.2) is 4.98 Å². The Balaban J connectivity index is 1.20. The number of rotatable bonds is 8. The molecular formula is C35H40N6O2. The number of benzene rings is 2. The van der Waals surface area contributed by atoms with Crippen molar-refractivity contribution in [2.75, 3.05) is 48.8 Å². The molecule has 1 saturated heterocycles. The number of nitrogens with one attached hydrogen (secondary N) is 2. The van der Waals surface area contributed by atoms with E-state index in [4.69, 9.17) is 0 Å². The number of aryl methyl sites for hydroxylation is 1. The van der Waals surface area contributed by atoms with Crippen LogP contribution in [0.25, 0.3) is 11.1 Å². The number of aromatic nitrogens is 2. The molecule has 1 aliphatic heterocycles. The molecule has 2 aliphatic rings. The van der Waals surface area contributed by atoms with Crippen LogP contribution in [0.3, 0.4) is 0 Å². The molecule has 0 unspecified atom stereocenters. The predicted octanol–water partition coefficient (Wildman–Crippen LogP) is 5.95. The van der Waals surface area contributed by atoms with Gasteiger partial charge in [0.1, 0.15) is 11.5 Å². The van der Waals surface area contributed by atoms with Gasteiger partial charge in [-0.1, -0.05) is 31.2 Å². The summed E-state index contributed by atoms with van der Waals surface area (Å²) in [4.78, 5) is 35.5. The average Bonchev–Trinajstić information content (AvgIpc) is 3.83. The summed E-state index contributed by atoms with van der Waals surface area (Å²) in [5.41, 5.74) is 7.12. The summed E-state index contributed by atoms with van der Waals surface area (Å²) in [6.07, 6.45) is 7.27. The molecule has 3 heterocycles. The molecule has 8 heteroatoms. The Kier molecular flexibility index (Phi) is 7.79. The first kappa shape index (κ1) is 28.7. The van der Waals surface area contributed by atoms with Crippen molar-refractivity contribution in [3.8, 4) is 11.1 Å².